The van der Waals surface area contributed by atoms with Crippen molar-refractivity contribution in [2.45, 2.75) is 249 Å². The average Bonchev–Trinajstić information content (AvgIpc) is 0.817. The van der Waals surface area contributed by atoms with Crippen LogP contribution in [0.3, 0.4) is 0 Å². The van der Waals surface area contributed by atoms with Crippen LogP contribution in [-0.4, -0.2) is 251 Å². The molecule has 1 unspecified atom stereocenters. The summed E-state index contributed by atoms with van der Waals surface area (Å²) in [5.74, 6) is -7.63. The Kier molecular flexibility index (Phi) is 37.9. The lowest BCUT2D eigenvalue weighted by Crippen LogP contribution is -2.62. The zero-order chi connectivity index (χ0) is 72.5. The van der Waals surface area contributed by atoms with Gasteiger partial charge in [-0.3, -0.25) is 52.7 Å². The Bertz CT molecular complexity index is 2510. The zero-order valence-corrected chi connectivity index (χ0v) is 63.5. The highest BCUT2D eigenvalue weighted by molar-refractivity contribution is 7.99. The number of hydrogen-bond donors (Lipinski definition) is 4. The lowest BCUT2D eigenvalue weighted by molar-refractivity contribution is -0.156. The molecule has 11 amide bonds. The Balaban J connectivity index is 4.53. The second-order valence-electron chi connectivity index (χ2n) is 28.4. The Morgan fingerprint density at radius 3 is 1.44 bits per heavy atom. The summed E-state index contributed by atoms with van der Waals surface area (Å²) in [6.07, 6.45) is 6.23. The second kappa shape index (κ2) is 41.4. The minimum Gasteiger partial charge on any atom is -0.343 e. The highest BCUT2D eigenvalue weighted by atomic mass is 32.2. The number of hydrogen-bond acceptors (Lipinski definition) is 13. The van der Waals surface area contributed by atoms with Crippen LogP contribution in [0.15, 0.2) is 12.2 Å². The van der Waals surface area contributed by atoms with Crippen molar-refractivity contribution in [3.8, 4) is 0 Å². The predicted octanol–water partition coefficient (Wildman–Crippen LogP) is 6.13. The van der Waals surface area contributed by atoms with E-state index in [4.69, 9.17) is 0 Å². The fourth-order valence-corrected chi connectivity index (χ4v) is 13.2. The molecule has 1 aliphatic rings. The molecule has 0 aromatic rings. The molecule has 23 nitrogen and oxygen atoms in total. The summed E-state index contributed by atoms with van der Waals surface area (Å²) < 4.78 is 0. The Labute approximate surface area is 570 Å². The number of allylic oxidation sites excluding steroid dienone is 2. The number of carbonyl (C=O) groups is 11. The van der Waals surface area contributed by atoms with Crippen molar-refractivity contribution < 1.29 is 52.7 Å². The van der Waals surface area contributed by atoms with Crippen molar-refractivity contribution in [3.05, 3.63) is 12.2 Å². The van der Waals surface area contributed by atoms with Crippen LogP contribution in [0, 0.1) is 41.4 Å². The highest BCUT2D eigenvalue weighted by Crippen LogP contribution is 2.27. The molecule has 0 spiro atoms. The number of rotatable bonds is 23. The van der Waals surface area contributed by atoms with Crippen molar-refractivity contribution in [2.24, 2.45) is 41.4 Å². The highest BCUT2D eigenvalue weighted by Gasteiger charge is 2.45. The van der Waals surface area contributed by atoms with Gasteiger partial charge in [0, 0.05) is 67.4 Å². The first kappa shape index (κ1) is 86.2. The minimum absolute atomic E-state index is 0.0980. The molecule has 0 saturated carbocycles. The van der Waals surface area contributed by atoms with Gasteiger partial charge < -0.3 is 60.5 Å². The van der Waals surface area contributed by atoms with Gasteiger partial charge in [0.15, 0.2) is 0 Å². The van der Waals surface area contributed by atoms with Crippen molar-refractivity contribution >= 4 is 76.7 Å². The van der Waals surface area contributed by atoms with Crippen LogP contribution >= 0.6 is 11.8 Å². The monoisotopic (exact) mass is 1340 g/mol. The van der Waals surface area contributed by atoms with Gasteiger partial charge in [-0.2, -0.15) is 11.8 Å². The molecule has 0 radical (unpaired) electrons. The molecule has 1 saturated heterocycles. The summed E-state index contributed by atoms with van der Waals surface area (Å²) >= 11 is 1.48. The van der Waals surface area contributed by atoms with Gasteiger partial charge in [0.25, 0.3) is 0 Å². The third kappa shape index (κ3) is 25.0. The predicted molar refractivity (Wildman–Crippen MR) is 376 cm³/mol. The van der Waals surface area contributed by atoms with Gasteiger partial charge >= 0.3 is 0 Å². The largest absolute Gasteiger partial charge is 0.343 e. The van der Waals surface area contributed by atoms with Crippen LogP contribution in [0.2, 0.25) is 0 Å². The van der Waals surface area contributed by atoms with Gasteiger partial charge in [-0.05, 0) is 120 Å². The van der Waals surface area contributed by atoms with E-state index in [1.54, 1.807) is 34.6 Å². The number of thioether (sulfide) groups is 1. The Morgan fingerprint density at radius 1 is 0.468 bits per heavy atom. The SMILES string of the molecule is C/C=C/C[C@@H](C)C[C@H]1C(=O)N[C@@H](CC)C(=O)N(C)[C@H](CSCCN(CC)CC)C(=O)N(C)[C@@H](C(C)CC)C(=O)N[C@H](C(C)C)C(=O)N(C)[C@H](CC(C)C)C(=O)N[C@H](C)C(=O)N[C@@H](C)C(=O)N(C)[C@@H](CC(C)C)C(=O)N(C)[C@@H](CCC(C)C)C(=O)N(C)[C@@H](C(C)C)C(=O)N1C. The minimum atomic E-state index is -1.22. The molecule has 13 atom stereocenters. The quantitative estimate of drug-likeness (QED) is 0.0664. The van der Waals surface area contributed by atoms with E-state index in [9.17, 15) is 19.2 Å². The van der Waals surface area contributed by atoms with Crippen LogP contribution in [0.1, 0.15) is 183 Å². The lowest BCUT2D eigenvalue weighted by Gasteiger charge is -2.41. The van der Waals surface area contributed by atoms with Crippen molar-refractivity contribution in [1.82, 2.24) is 60.5 Å². The first-order chi connectivity index (χ1) is 43.7. The van der Waals surface area contributed by atoms with Crippen molar-refractivity contribution in [2.75, 3.05) is 80.5 Å². The molecule has 0 bridgehead atoms. The number of nitrogens with one attached hydrogen (secondary N) is 4. The number of nitrogens with zero attached hydrogens (tertiary/aromatic N) is 8. The summed E-state index contributed by atoms with van der Waals surface area (Å²) in [4.78, 5) is 176. The van der Waals surface area contributed by atoms with E-state index in [0.29, 0.717) is 31.6 Å². The molecule has 1 rings (SSSR count). The van der Waals surface area contributed by atoms with Gasteiger partial charge in [0.2, 0.25) is 65.0 Å². The van der Waals surface area contributed by atoms with Gasteiger partial charge in [0.1, 0.15) is 66.5 Å². The molecule has 0 aromatic carbocycles. The first-order valence-corrected chi connectivity index (χ1v) is 35.9. The van der Waals surface area contributed by atoms with Crippen LogP contribution in [-0.2, 0) is 52.7 Å². The van der Waals surface area contributed by atoms with Gasteiger partial charge in [0.05, 0.1) is 0 Å². The van der Waals surface area contributed by atoms with Crippen molar-refractivity contribution in [1.29, 1.82) is 0 Å². The van der Waals surface area contributed by atoms with Crippen LogP contribution in [0.25, 0.3) is 0 Å². The fourth-order valence-electron chi connectivity index (χ4n) is 12.1. The molecule has 4 N–H and O–H groups in total. The summed E-state index contributed by atoms with van der Waals surface area (Å²) in [6, 6.07) is -12.8. The Hall–Kier alpha value is -5.78. The second-order valence-corrected chi connectivity index (χ2v) is 29.5. The smallest absolute Gasteiger partial charge is 0.246 e. The molecule has 1 heterocycles. The van der Waals surface area contributed by atoms with Gasteiger partial charge in [-0.1, -0.05) is 129 Å². The normalized spacial score (nSPS) is 26.3. The van der Waals surface area contributed by atoms with Gasteiger partial charge in [-0.15, -0.1) is 0 Å². The van der Waals surface area contributed by atoms with E-state index in [1.807, 2.05) is 81.4 Å². The maximum absolute atomic E-state index is 15.4. The summed E-state index contributed by atoms with van der Waals surface area (Å²) in [6.45, 7) is 37.4. The van der Waals surface area contributed by atoms with E-state index in [2.05, 4.69) is 40.0 Å². The molecular weight excluding hydrogens is 1220 g/mol. The van der Waals surface area contributed by atoms with E-state index in [-0.39, 0.29) is 61.5 Å². The Morgan fingerprint density at radius 2 is 0.936 bits per heavy atom. The summed E-state index contributed by atoms with van der Waals surface area (Å²) in [5, 5.41) is 11.4. The van der Waals surface area contributed by atoms with E-state index in [1.165, 1.54) is 109 Å². The third-order valence-electron chi connectivity index (χ3n) is 18.7. The molecule has 0 aromatic heterocycles. The molecule has 540 valence electrons. The van der Waals surface area contributed by atoms with E-state index < -0.39 is 149 Å². The van der Waals surface area contributed by atoms with Gasteiger partial charge in [-0.25, -0.2) is 0 Å². The maximum atomic E-state index is 15.4. The van der Waals surface area contributed by atoms with Crippen LogP contribution < -0.4 is 21.3 Å². The summed E-state index contributed by atoms with van der Waals surface area (Å²) in [7, 11) is 10.5. The molecule has 0 aliphatic carbocycles. The molecular formula is C70H128N12O11S. The molecule has 1 fully saturated rings. The molecule has 94 heavy (non-hydrogen) atoms. The zero-order valence-electron chi connectivity index (χ0n) is 62.7. The maximum Gasteiger partial charge on any atom is 0.246 e. The topological polar surface area (TPSA) is 262 Å². The first-order valence-electron chi connectivity index (χ1n) is 34.7. The molecule has 24 heteroatoms. The summed E-state index contributed by atoms with van der Waals surface area (Å²) in [5.41, 5.74) is 0. The fraction of sp³-hybridized carbons (Fsp3) is 0.814. The average molecular weight is 1350 g/mol. The van der Waals surface area contributed by atoms with Crippen LogP contribution in [0.4, 0.5) is 0 Å². The number of likely N-dealkylation sites (N-methyl/N-ethyl adjacent to an activating group) is 7. The van der Waals surface area contributed by atoms with Crippen molar-refractivity contribution in [3.63, 3.8) is 0 Å². The number of amides is 11. The molecule has 1 aliphatic heterocycles. The van der Waals surface area contributed by atoms with E-state index >= 15 is 33.6 Å². The van der Waals surface area contributed by atoms with E-state index in [0.717, 1.165) is 13.1 Å². The van der Waals surface area contributed by atoms with Crippen LogP contribution in [0.5, 0.6) is 0 Å². The number of carbonyl (C=O) groups excluding carboxylic acids is 11. The third-order valence-corrected chi connectivity index (χ3v) is 19.7. The lowest BCUT2D eigenvalue weighted by atomic mass is 9.93. The standard InChI is InChI=1S/C70H128N12O11S/c1-27-32-33-47(16)40-54-62(85)73-51(29-3)65(88)79(24)56(41-94-37-36-82(30-4)31-5)68(91)81(26)59(48(17)28-2)63(86)74-57(45(12)13)69(92)76(21)53(38-43(8)9)61(84)71-49(18)60(83)72-50(19)64(87)78(23)55(39-44(10)11)67(90)75(20)52(35-34-42(6)7)66(89)80(25)58(46(14)15)70(93)77(54)22/h27,32,42-59H,28-31,33-41H2,1-26H3,(H,71,84)(H,72,83)(H,73,85)(H,74,86)/b32-27+/t47-,48?,49-,50+,51+,52+,53-,54+,55+,56-,57-,58+,59+/m1/s1.